The van der Waals surface area contributed by atoms with Crippen molar-refractivity contribution in [3.63, 3.8) is 0 Å². The number of hydrogen-bond donors (Lipinski definition) is 1. The molecule has 4 heterocycles. The molecule has 3 aliphatic heterocycles. The van der Waals surface area contributed by atoms with Gasteiger partial charge in [-0.25, -0.2) is 4.79 Å². The Balaban J connectivity index is 1.50. The second-order valence-corrected chi connectivity index (χ2v) is 10.9. The first-order chi connectivity index (χ1) is 19.3. The average Bonchev–Trinajstić information content (AvgIpc) is 3.35. The number of aromatic nitrogens is 1. The predicted molar refractivity (Wildman–Crippen MR) is 149 cm³/mol. The topological polar surface area (TPSA) is 112 Å². The van der Waals surface area contributed by atoms with Crippen molar-refractivity contribution < 1.29 is 29.0 Å². The fourth-order valence-corrected chi connectivity index (χ4v) is 6.23. The fraction of sp³-hybridized carbons (Fsp3) is 0.375. The van der Waals surface area contributed by atoms with Gasteiger partial charge in [-0.3, -0.25) is 14.4 Å². The molecular formula is C32H31NO7. The van der Waals surface area contributed by atoms with Crippen LogP contribution in [0.25, 0.3) is 17.0 Å². The number of allylic oxidation sites excluding steroid dienone is 1. The number of cyclic esters (lactones) is 1. The number of phenolic OH excluding ortho intramolecular Hbond substituents is 1. The minimum Gasteiger partial charge on any atom is -0.507 e. The van der Waals surface area contributed by atoms with E-state index < -0.39 is 24.0 Å². The number of rotatable bonds is 1. The number of fused-ring (bicyclic) bond motifs is 2. The molecule has 8 heteroatoms. The summed E-state index contributed by atoms with van der Waals surface area (Å²) in [7, 11) is 0. The van der Waals surface area contributed by atoms with Crippen LogP contribution in [0.15, 0.2) is 41.2 Å². The molecule has 206 valence electrons. The Morgan fingerprint density at radius 1 is 1.02 bits per heavy atom. The second-order valence-electron chi connectivity index (χ2n) is 10.9. The number of aryl methyl sites for hydroxylation is 2. The molecule has 0 unspecified atom stereocenters. The number of phenols is 1. The monoisotopic (exact) mass is 541 g/mol. The van der Waals surface area contributed by atoms with Crippen LogP contribution in [0, 0.1) is 0 Å². The van der Waals surface area contributed by atoms with E-state index in [2.05, 4.69) is 0 Å². The van der Waals surface area contributed by atoms with E-state index >= 15 is 0 Å². The largest absolute Gasteiger partial charge is 0.507 e. The van der Waals surface area contributed by atoms with Crippen LogP contribution in [0.3, 0.4) is 0 Å². The number of ketones is 1. The van der Waals surface area contributed by atoms with E-state index in [1.54, 1.807) is 29.7 Å². The molecule has 8 nitrogen and oxygen atoms in total. The molecule has 0 bridgehead atoms. The number of aromatic hydroxyl groups is 1. The zero-order chi connectivity index (χ0) is 28.0. The SMILES string of the molecule is C[C@H]1CCCC(=O)CCCC=Cc2cc3c(c(O)c2C(=O)O1)[C@@H](c1cc2cccc4c2n(c1=O)CC4)CC(=O)O3. The summed E-state index contributed by atoms with van der Waals surface area (Å²) < 4.78 is 13.0. The lowest BCUT2D eigenvalue weighted by atomic mass is 9.83. The highest BCUT2D eigenvalue weighted by Crippen LogP contribution is 2.47. The molecule has 3 aliphatic rings. The lowest BCUT2D eigenvalue weighted by molar-refractivity contribution is -0.135. The average molecular weight is 542 g/mol. The van der Waals surface area contributed by atoms with Gasteiger partial charge in [0.2, 0.25) is 0 Å². The normalized spacial score (nSPS) is 21.4. The van der Waals surface area contributed by atoms with Gasteiger partial charge in [-0.1, -0.05) is 30.4 Å². The number of hydrogen-bond acceptors (Lipinski definition) is 7. The standard InChI is InChI=1S/C32H31NO7/c1-18-7-5-12-22(34)11-4-2-3-8-20-16-25-28(30(36)27(20)32(38)39-18)23(17-26(35)40-25)24-15-21-10-6-9-19-13-14-33(29(19)21)31(24)37/h3,6,8-10,15-16,18,23,36H,2,4-5,7,11-14,17H2,1H3/t18-,23+/m0/s1. The first-order valence-corrected chi connectivity index (χ1v) is 14.0. The van der Waals surface area contributed by atoms with Crippen LogP contribution >= 0.6 is 0 Å². The number of carbonyl (C=O) groups is 3. The fourth-order valence-electron chi connectivity index (χ4n) is 6.23. The van der Waals surface area contributed by atoms with Crippen molar-refractivity contribution in [3.05, 3.63) is 74.6 Å². The third kappa shape index (κ3) is 4.61. The van der Waals surface area contributed by atoms with Crippen LogP contribution in [0.5, 0.6) is 11.5 Å². The lowest BCUT2D eigenvalue weighted by Crippen LogP contribution is -2.29. The van der Waals surface area contributed by atoms with E-state index in [9.17, 15) is 24.3 Å². The van der Waals surface area contributed by atoms with Crippen LogP contribution in [0.1, 0.15) is 90.4 Å². The van der Waals surface area contributed by atoms with Crippen molar-refractivity contribution in [2.75, 3.05) is 0 Å². The van der Waals surface area contributed by atoms with E-state index in [1.165, 1.54) is 0 Å². The Kier molecular flexibility index (Phi) is 6.78. The molecule has 1 N–H and O–H groups in total. The molecule has 2 atom stereocenters. The molecule has 3 aromatic rings. The van der Waals surface area contributed by atoms with Crippen molar-refractivity contribution in [2.24, 2.45) is 0 Å². The Bertz CT molecular complexity index is 1650. The van der Waals surface area contributed by atoms with Gasteiger partial charge in [0.05, 0.1) is 18.0 Å². The number of Topliss-reactive ketones (excluding diaryl/α,β-unsaturated/α-hetero) is 1. The zero-order valence-corrected chi connectivity index (χ0v) is 22.4. The molecule has 0 radical (unpaired) electrons. The molecule has 0 spiro atoms. The summed E-state index contributed by atoms with van der Waals surface area (Å²) in [4.78, 5) is 52.1. The Morgan fingerprint density at radius 2 is 1.85 bits per heavy atom. The lowest BCUT2D eigenvalue weighted by Gasteiger charge is -2.27. The van der Waals surface area contributed by atoms with Gasteiger partial charge in [0, 0.05) is 36.4 Å². The predicted octanol–water partition coefficient (Wildman–Crippen LogP) is 5.19. The van der Waals surface area contributed by atoms with Crippen molar-refractivity contribution >= 4 is 34.7 Å². The summed E-state index contributed by atoms with van der Waals surface area (Å²) in [6.45, 7) is 2.31. The molecule has 0 aliphatic carbocycles. The van der Waals surface area contributed by atoms with Gasteiger partial charge in [0.25, 0.3) is 5.56 Å². The number of benzene rings is 2. The van der Waals surface area contributed by atoms with E-state index in [0.717, 1.165) is 22.9 Å². The van der Waals surface area contributed by atoms with E-state index in [0.29, 0.717) is 56.2 Å². The molecule has 0 saturated heterocycles. The van der Waals surface area contributed by atoms with Crippen LogP contribution in [0.2, 0.25) is 0 Å². The third-order valence-electron chi connectivity index (χ3n) is 8.18. The smallest absolute Gasteiger partial charge is 0.342 e. The summed E-state index contributed by atoms with van der Waals surface area (Å²) in [5, 5.41) is 12.5. The quantitative estimate of drug-likeness (QED) is 0.333. The number of pyridine rings is 1. The maximum absolute atomic E-state index is 13.7. The van der Waals surface area contributed by atoms with E-state index in [4.69, 9.17) is 9.47 Å². The summed E-state index contributed by atoms with van der Waals surface area (Å²) in [5.41, 5.74) is 2.73. The minimum atomic E-state index is -0.792. The van der Waals surface area contributed by atoms with Gasteiger partial charge < -0.3 is 19.1 Å². The summed E-state index contributed by atoms with van der Waals surface area (Å²) >= 11 is 0. The Labute approximate surface area is 231 Å². The second kappa shape index (κ2) is 10.4. The minimum absolute atomic E-state index is 0.0225. The highest BCUT2D eigenvalue weighted by atomic mass is 16.5. The van der Waals surface area contributed by atoms with Crippen molar-refractivity contribution in [3.8, 4) is 11.5 Å². The maximum atomic E-state index is 13.7. The Hall–Kier alpha value is -4.20. The van der Waals surface area contributed by atoms with Gasteiger partial charge in [0.1, 0.15) is 22.8 Å². The Morgan fingerprint density at radius 3 is 2.70 bits per heavy atom. The van der Waals surface area contributed by atoms with Crippen molar-refractivity contribution in [1.29, 1.82) is 0 Å². The molecule has 1 aromatic heterocycles. The van der Waals surface area contributed by atoms with Crippen LogP contribution < -0.4 is 10.3 Å². The van der Waals surface area contributed by atoms with Crippen molar-refractivity contribution in [2.45, 2.75) is 76.9 Å². The highest BCUT2D eigenvalue weighted by Gasteiger charge is 2.37. The van der Waals surface area contributed by atoms with Gasteiger partial charge in [-0.2, -0.15) is 0 Å². The first kappa shape index (κ1) is 26.0. The zero-order valence-electron chi connectivity index (χ0n) is 22.4. The molecule has 6 rings (SSSR count). The van der Waals surface area contributed by atoms with Crippen LogP contribution in [0.4, 0.5) is 0 Å². The van der Waals surface area contributed by atoms with Gasteiger partial charge >= 0.3 is 11.9 Å². The summed E-state index contributed by atoms with van der Waals surface area (Å²) in [5.74, 6) is -2.05. The third-order valence-corrected chi connectivity index (χ3v) is 8.18. The highest BCUT2D eigenvalue weighted by molar-refractivity contribution is 5.99. The van der Waals surface area contributed by atoms with Crippen LogP contribution in [-0.4, -0.2) is 33.5 Å². The number of nitrogens with zero attached hydrogens (tertiary/aromatic N) is 1. The maximum Gasteiger partial charge on any atom is 0.342 e. The van der Waals surface area contributed by atoms with Gasteiger partial charge in [-0.15, -0.1) is 0 Å². The van der Waals surface area contributed by atoms with E-state index in [-0.39, 0.29) is 40.4 Å². The van der Waals surface area contributed by atoms with E-state index in [1.807, 2.05) is 24.3 Å². The molecule has 0 saturated carbocycles. The number of ether oxygens (including phenoxy) is 2. The summed E-state index contributed by atoms with van der Waals surface area (Å²) in [6.07, 6.45) is 6.99. The number of carbonyl (C=O) groups excluding carboxylic acids is 3. The molecular weight excluding hydrogens is 510 g/mol. The van der Waals surface area contributed by atoms with Gasteiger partial charge in [0.15, 0.2) is 0 Å². The number of para-hydroxylation sites is 1. The summed E-state index contributed by atoms with van der Waals surface area (Å²) in [6, 6.07) is 9.25. The first-order valence-electron chi connectivity index (χ1n) is 14.0. The van der Waals surface area contributed by atoms with Gasteiger partial charge in [-0.05, 0) is 67.7 Å². The molecule has 40 heavy (non-hydrogen) atoms. The molecule has 2 aromatic carbocycles. The number of esters is 2. The van der Waals surface area contributed by atoms with Crippen LogP contribution in [-0.2, 0) is 27.3 Å². The van der Waals surface area contributed by atoms with Crippen molar-refractivity contribution in [1.82, 2.24) is 4.57 Å². The molecule has 0 fully saturated rings. The molecule has 0 amide bonds.